The minimum absolute atomic E-state index is 0.0799. The fraction of sp³-hybridized carbons (Fsp3) is 0.273. The van der Waals surface area contributed by atoms with E-state index in [0.717, 1.165) is 21.1 Å². The van der Waals surface area contributed by atoms with Gasteiger partial charge in [0.2, 0.25) is 5.91 Å². The van der Waals surface area contributed by atoms with Crippen LogP contribution in [-0.4, -0.2) is 69.0 Å². The Morgan fingerprint density at radius 3 is 2.61 bits per heavy atom. The van der Waals surface area contributed by atoms with Crippen LogP contribution in [0.1, 0.15) is 17.4 Å². The number of piperazine rings is 1. The van der Waals surface area contributed by atoms with Gasteiger partial charge in [0, 0.05) is 31.6 Å². The highest BCUT2D eigenvalue weighted by molar-refractivity contribution is 7.22. The Balaban J connectivity index is 1.20. The van der Waals surface area contributed by atoms with Gasteiger partial charge in [-0.25, -0.2) is 4.98 Å². The van der Waals surface area contributed by atoms with E-state index in [2.05, 4.69) is 25.4 Å². The van der Waals surface area contributed by atoms with E-state index >= 15 is 0 Å². The molecule has 1 unspecified atom stereocenters. The minimum atomic E-state index is -0.310. The number of aromatic nitrogens is 3. The number of amides is 2. The lowest BCUT2D eigenvalue weighted by Crippen LogP contribution is -2.54. The van der Waals surface area contributed by atoms with Gasteiger partial charge in [-0.3, -0.25) is 19.6 Å². The summed E-state index contributed by atoms with van der Waals surface area (Å²) in [5, 5.41) is 11.5. The molecule has 0 spiro atoms. The molecule has 5 rings (SSSR count). The lowest BCUT2D eigenvalue weighted by Gasteiger charge is -2.37. The molecule has 1 fully saturated rings. The van der Waals surface area contributed by atoms with E-state index in [1.165, 1.54) is 11.3 Å². The topological polar surface area (TPSA) is 94.2 Å². The van der Waals surface area contributed by atoms with Crippen LogP contribution in [0, 0.1) is 0 Å². The maximum atomic E-state index is 13.0. The summed E-state index contributed by atoms with van der Waals surface area (Å²) in [6.45, 7) is 4.25. The molecule has 2 amide bonds. The molecule has 0 aliphatic carbocycles. The number of hydrogen-bond donors (Lipinski definition) is 2. The first kappa shape index (κ1) is 19.7. The van der Waals surface area contributed by atoms with Gasteiger partial charge in [-0.2, -0.15) is 5.10 Å². The number of hydrogen-bond acceptors (Lipinski definition) is 6. The third kappa shape index (κ3) is 3.77. The number of benzene rings is 2. The van der Waals surface area contributed by atoms with Gasteiger partial charge in [0.1, 0.15) is 0 Å². The highest BCUT2D eigenvalue weighted by atomic mass is 32.1. The number of fused-ring (bicyclic) bond motifs is 2. The number of H-pyrrole nitrogens is 1. The van der Waals surface area contributed by atoms with Gasteiger partial charge >= 0.3 is 0 Å². The lowest BCUT2D eigenvalue weighted by molar-refractivity contribution is -0.121. The zero-order chi connectivity index (χ0) is 21.4. The molecule has 2 aromatic heterocycles. The second kappa shape index (κ2) is 8.09. The van der Waals surface area contributed by atoms with Crippen LogP contribution >= 0.6 is 11.3 Å². The number of thiazole rings is 1. The van der Waals surface area contributed by atoms with E-state index in [-0.39, 0.29) is 17.9 Å². The summed E-state index contributed by atoms with van der Waals surface area (Å²) in [4.78, 5) is 34.1. The van der Waals surface area contributed by atoms with Gasteiger partial charge in [0.15, 0.2) is 10.8 Å². The minimum Gasteiger partial charge on any atom is -0.335 e. The highest BCUT2D eigenvalue weighted by Gasteiger charge is 2.29. The Labute approximate surface area is 182 Å². The number of carbonyl (C=O) groups is 2. The maximum absolute atomic E-state index is 13.0. The van der Waals surface area contributed by atoms with Crippen molar-refractivity contribution in [2.24, 2.45) is 0 Å². The molecule has 0 bridgehead atoms. The zero-order valence-corrected chi connectivity index (χ0v) is 17.9. The summed E-state index contributed by atoms with van der Waals surface area (Å²) >= 11 is 1.47. The van der Waals surface area contributed by atoms with E-state index in [4.69, 9.17) is 0 Å². The number of aromatic amines is 1. The number of rotatable bonds is 4. The second-order valence-electron chi connectivity index (χ2n) is 7.60. The molecule has 9 heteroatoms. The Bertz CT molecular complexity index is 1220. The molecule has 0 saturated carbocycles. The van der Waals surface area contributed by atoms with Crippen molar-refractivity contribution in [3.63, 3.8) is 0 Å². The molecule has 2 aromatic carbocycles. The van der Waals surface area contributed by atoms with Crippen LogP contribution in [0.15, 0.2) is 48.5 Å². The van der Waals surface area contributed by atoms with Crippen LogP contribution in [0.3, 0.4) is 0 Å². The predicted molar refractivity (Wildman–Crippen MR) is 121 cm³/mol. The van der Waals surface area contributed by atoms with Gasteiger partial charge in [-0.15, -0.1) is 0 Å². The van der Waals surface area contributed by atoms with Gasteiger partial charge in [0.25, 0.3) is 5.91 Å². The van der Waals surface area contributed by atoms with Crippen LogP contribution < -0.4 is 5.32 Å². The molecule has 8 nitrogen and oxygen atoms in total. The summed E-state index contributed by atoms with van der Waals surface area (Å²) in [7, 11) is 0. The Kier molecular flexibility index (Phi) is 5.13. The molecule has 31 heavy (non-hydrogen) atoms. The van der Waals surface area contributed by atoms with Crippen molar-refractivity contribution in [3.05, 3.63) is 54.2 Å². The lowest BCUT2D eigenvalue weighted by atomic mass is 10.1. The second-order valence-corrected chi connectivity index (χ2v) is 8.63. The Hall–Kier alpha value is -3.30. The standard InChI is InChI=1S/C22H22N6O2S/c1-14(20(29)24-22-23-17-8-4-5-9-18(17)31-22)27-10-12-28(13-11-27)21(30)19-15-6-2-3-7-16(15)25-26-19/h2-9,14H,10-13H2,1H3,(H,25,26)(H,23,24,29). The number of anilines is 1. The van der Waals surface area contributed by atoms with E-state index in [1.807, 2.05) is 55.5 Å². The number of para-hydroxylation sites is 2. The molecule has 0 radical (unpaired) electrons. The smallest absolute Gasteiger partial charge is 0.275 e. The molecule has 1 aliphatic rings. The fourth-order valence-corrected chi connectivity index (χ4v) is 4.76. The first-order valence-electron chi connectivity index (χ1n) is 10.2. The SMILES string of the molecule is CC(C(=O)Nc1nc2ccccc2s1)N1CCN(C(=O)c2n[nH]c3ccccc23)CC1. The average Bonchev–Trinajstić information content (AvgIpc) is 3.41. The van der Waals surface area contributed by atoms with Crippen LogP contribution in [-0.2, 0) is 4.79 Å². The first-order valence-corrected chi connectivity index (χ1v) is 11.0. The maximum Gasteiger partial charge on any atom is 0.275 e. The van der Waals surface area contributed by atoms with Crippen molar-refractivity contribution >= 4 is 49.4 Å². The summed E-state index contributed by atoms with van der Waals surface area (Å²) in [5.74, 6) is -0.166. The molecule has 2 N–H and O–H groups in total. The summed E-state index contributed by atoms with van der Waals surface area (Å²) < 4.78 is 1.04. The molecule has 1 atom stereocenters. The van der Waals surface area contributed by atoms with Crippen LogP contribution in [0.2, 0.25) is 0 Å². The third-order valence-electron chi connectivity index (χ3n) is 5.73. The van der Waals surface area contributed by atoms with Crippen molar-refractivity contribution < 1.29 is 9.59 Å². The van der Waals surface area contributed by atoms with Crippen molar-refractivity contribution in [2.75, 3.05) is 31.5 Å². The van der Waals surface area contributed by atoms with Crippen LogP contribution in [0.5, 0.6) is 0 Å². The third-order valence-corrected chi connectivity index (χ3v) is 6.68. The highest BCUT2D eigenvalue weighted by Crippen LogP contribution is 2.26. The molecule has 1 aliphatic heterocycles. The van der Waals surface area contributed by atoms with E-state index in [1.54, 1.807) is 4.90 Å². The zero-order valence-electron chi connectivity index (χ0n) is 17.0. The molecular formula is C22H22N6O2S. The summed E-state index contributed by atoms with van der Waals surface area (Å²) in [6, 6.07) is 15.1. The average molecular weight is 435 g/mol. The van der Waals surface area contributed by atoms with E-state index in [9.17, 15) is 9.59 Å². The first-order chi connectivity index (χ1) is 15.1. The monoisotopic (exact) mass is 434 g/mol. The largest absolute Gasteiger partial charge is 0.335 e. The Morgan fingerprint density at radius 1 is 1.06 bits per heavy atom. The van der Waals surface area contributed by atoms with E-state index in [0.29, 0.717) is 37.0 Å². The summed E-state index contributed by atoms with van der Waals surface area (Å²) in [6.07, 6.45) is 0. The molecular weight excluding hydrogens is 412 g/mol. The fourth-order valence-electron chi connectivity index (χ4n) is 3.89. The molecule has 4 aromatic rings. The predicted octanol–water partition coefficient (Wildman–Crippen LogP) is 2.96. The molecule has 3 heterocycles. The van der Waals surface area contributed by atoms with Gasteiger partial charge < -0.3 is 10.2 Å². The van der Waals surface area contributed by atoms with Gasteiger partial charge in [0.05, 0.1) is 21.8 Å². The van der Waals surface area contributed by atoms with Crippen LogP contribution in [0.4, 0.5) is 5.13 Å². The van der Waals surface area contributed by atoms with Crippen molar-refractivity contribution in [3.8, 4) is 0 Å². The van der Waals surface area contributed by atoms with E-state index < -0.39 is 0 Å². The number of nitrogens with one attached hydrogen (secondary N) is 2. The van der Waals surface area contributed by atoms with Gasteiger partial charge in [-0.1, -0.05) is 41.7 Å². The van der Waals surface area contributed by atoms with Gasteiger partial charge in [-0.05, 0) is 25.1 Å². The van der Waals surface area contributed by atoms with Crippen LogP contribution in [0.25, 0.3) is 21.1 Å². The number of nitrogens with zero attached hydrogens (tertiary/aromatic N) is 4. The van der Waals surface area contributed by atoms with Crippen molar-refractivity contribution in [1.29, 1.82) is 0 Å². The molecule has 1 saturated heterocycles. The Morgan fingerprint density at radius 2 is 1.81 bits per heavy atom. The molecule has 158 valence electrons. The van der Waals surface area contributed by atoms with Crippen molar-refractivity contribution in [1.82, 2.24) is 25.0 Å². The normalized spacial score (nSPS) is 16.0. The summed E-state index contributed by atoms with van der Waals surface area (Å²) in [5.41, 5.74) is 2.18. The quantitative estimate of drug-likeness (QED) is 0.515. The number of carbonyl (C=O) groups excluding carboxylic acids is 2. The van der Waals surface area contributed by atoms with Crippen molar-refractivity contribution in [2.45, 2.75) is 13.0 Å².